The van der Waals surface area contributed by atoms with Gasteiger partial charge in [-0.2, -0.15) is 0 Å². The van der Waals surface area contributed by atoms with Crippen LogP contribution in [0.15, 0.2) is 47.4 Å². The molecule has 0 saturated carbocycles. The number of rotatable bonds is 4. The number of carbonyl (C=O) groups excluding carboxylic acids is 2. The predicted octanol–water partition coefficient (Wildman–Crippen LogP) is 3.68. The first-order valence-corrected chi connectivity index (χ1v) is 8.90. The molecule has 7 heteroatoms. The van der Waals surface area contributed by atoms with Gasteiger partial charge in [-0.25, -0.2) is 8.78 Å². The molecule has 2 aromatic rings. The maximum Gasteiger partial charge on any atom is 0.229 e. The van der Waals surface area contributed by atoms with E-state index < -0.39 is 23.5 Å². The van der Waals surface area contributed by atoms with Gasteiger partial charge in [0.1, 0.15) is 11.6 Å². The molecule has 25 heavy (non-hydrogen) atoms. The Balaban J connectivity index is 1.69. The highest BCUT2D eigenvalue weighted by Gasteiger charge is 2.35. The number of hydrogen-bond donors (Lipinski definition) is 1. The number of anilines is 2. The van der Waals surface area contributed by atoms with Gasteiger partial charge in [0.2, 0.25) is 11.8 Å². The normalized spacial score (nSPS) is 17.0. The van der Waals surface area contributed by atoms with Crippen molar-refractivity contribution in [3.05, 3.63) is 54.1 Å². The number of halogens is 2. The van der Waals surface area contributed by atoms with Gasteiger partial charge in [-0.15, -0.1) is 11.8 Å². The van der Waals surface area contributed by atoms with Gasteiger partial charge >= 0.3 is 0 Å². The van der Waals surface area contributed by atoms with Crippen LogP contribution in [0.3, 0.4) is 0 Å². The highest BCUT2D eigenvalue weighted by molar-refractivity contribution is 7.98. The Morgan fingerprint density at radius 2 is 1.92 bits per heavy atom. The van der Waals surface area contributed by atoms with E-state index in [2.05, 4.69) is 5.32 Å². The van der Waals surface area contributed by atoms with E-state index in [4.69, 9.17) is 0 Å². The largest absolute Gasteiger partial charge is 0.323 e. The van der Waals surface area contributed by atoms with Crippen LogP contribution < -0.4 is 10.2 Å². The minimum absolute atomic E-state index is 0.0545. The summed E-state index contributed by atoms with van der Waals surface area (Å²) < 4.78 is 26.6. The fourth-order valence-electron chi connectivity index (χ4n) is 2.72. The van der Waals surface area contributed by atoms with Crippen molar-refractivity contribution in [1.82, 2.24) is 0 Å². The van der Waals surface area contributed by atoms with Crippen LogP contribution in [0.5, 0.6) is 0 Å². The molecule has 4 nitrogen and oxygen atoms in total. The van der Waals surface area contributed by atoms with E-state index in [1.807, 2.05) is 30.5 Å². The first kappa shape index (κ1) is 17.4. The molecule has 130 valence electrons. The second-order valence-electron chi connectivity index (χ2n) is 5.72. The average Bonchev–Trinajstić information content (AvgIpc) is 2.99. The van der Waals surface area contributed by atoms with Gasteiger partial charge in [-0.1, -0.05) is 0 Å². The smallest absolute Gasteiger partial charge is 0.229 e. The Labute approximate surface area is 148 Å². The second kappa shape index (κ2) is 7.23. The summed E-state index contributed by atoms with van der Waals surface area (Å²) in [6, 6.07) is 10.4. The summed E-state index contributed by atoms with van der Waals surface area (Å²) in [7, 11) is 0. The Bertz CT molecular complexity index is 811. The molecule has 1 aliphatic rings. The van der Waals surface area contributed by atoms with E-state index >= 15 is 0 Å². The summed E-state index contributed by atoms with van der Waals surface area (Å²) in [6.45, 7) is 0.228. The second-order valence-corrected chi connectivity index (χ2v) is 6.60. The van der Waals surface area contributed by atoms with Crippen molar-refractivity contribution in [2.45, 2.75) is 11.3 Å². The Morgan fingerprint density at radius 3 is 2.56 bits per heavy atom. The van der Waals surface area contributed by atoms with Gasteiger partial charge in [0, 0.05) is 29.6 Å². The Hall–Kier alpha value is -2.41. The number of benzene rings is 2. The summed E-state index contributed by atoms with van der Waals surface area (Å²) in [4.78, 5) is 27.2. The molecule has 1 atom stereocenters. The molecular weight excluding hydrogens is 346 g/mol. The van der Waals surface area contributed by atoms with Gasteiger partial charge in [0.05, 0.1) is 11.6 Å². The van der Waals surface area contributed by atoms with E-state index in [1.165, 1.54) is 0 Å². The van der Waals surface area contributed by atoms with E-state index in [-0.39, 0.29) is 24.6 Å². The van der Waals surface area contributed by atoms with E-state index in [0.717, 1.165) is 22.7 Å². The topological polar surface area (TPSA) is 49.4 Å². The standard InChI is InChI=1S/C18H16F2N2O2S/c1-25-14-5-3-13(4-6-14)22-10-11(8-17(22)23)18(24)21-16-7-2-12(19)9-15(16)20/h2-7,9,11H,8,10H2,1H3,(H,21,24). The van der Waals surface area contributed by atoms with Gasteiger partial charge in [-0.05, 0) is 42.7 Å². The van der Waals surface area contributed by atoms with Crippen molar-refractivity contribution >= 4 is 35.0 Å². The number of carbonyl (C=O) groups is 2. The maximum atomic E-state index is 13.7. The van der Waals surface area contributed by atoms with Crippen LogP contribution in [0.1, 0.15) is 6.42 Å². The third-order valence-corrected chi connectivity index (χ3v) is 4.81. The molecule has 2 amide bonds. The molecule has 1 fully saturated rings. The van der Waals surface area contributed by atoms with Crippen LogP contribution in [-0.4, -0.2) is 24.6 Å². The monoisotopic (exact) mass is 362 g/mol. The van der Waals surface area contributed by atoms with Crippen molar-refractivity contribution in [2.24, 2.45) is 5.92 Å². The van der Waals surface area contributed by atoms with Crippen LogP contribution >= 0.6 is 11.8 Å². The zero-order valence-corrected chi connectivity index (χ0v) is 14.3. The molecule has 0 radical (unpaired) electrons. The van der Waals surface area contributed by atoms with E-state index in [9.17, 15) is 18.4 Å². The molecule has 1 saturated heterocycles. The van der Waals surface area contributed by atoms with Crippen molar-refractivity contribution in [1.29, 1.82) is 0 Å². The molecule has 0 bridgehead atoms. The van der Waals surface area contributed by atoms with Crippen LogP contribution in [0.4, 0.5) is 20.2 Å². The van der Waals surface area contributed by atoms with Gasteiger partial charge in [0.15, 0.2) is 0 Å². The first-order valence-electron chi connectivity index (χ1n) is 7.68. The lowest BCUT2D eigenvalue weighted by atomic mass is 10.1. The number of nitrogens with zero attached hydrogens (tertiary/aromatic N) is 1. The van der Waals surface area contributed by atoms with E-state index in [0.29, 0.717) is 6.07 Å². The molecule has 1 aliphatic heterocycles. The summed E-state index contributed by atoms with van der Waals surface area (Å²) in [5.74, 6) is -2.76. The van der Waals surface area contributed by atoms with Gasteiger partial charge < -0.3 is 10.2 Å². The van der Waals surface area contributed by atoms with Crippen LogP contribution in [0.25, 0.3) is 0 Å². The highest BCUT2D eigenvalue weighted by Crippen LogP contribution is 2.28. The number of amides is 2. The van der Waals surface area contributed by atoms with Crippen LogP contribution in [-0.2, 0) is 9.59 Å². The van der Waals surface area contributed by atoms with Crippen molar-refractivity contribution in [3.8, 4) is 0 Å². The molecule has 2 aromatic carbocycles. The number of hydrogen-bond acceptors (Lipinski definition) is 3. The zero-order valence-electron chi connectivity index (χ0n) is 13.5. The van der Waals surface area contributed by atoms with E-state index in [1.54, 1.807) is 16.7 Å². The minimum Gasteiger partial charge on any atom is -0.323 e. The van der Waals surface area contributed by atoms with Crippen LogP contribution in [0, 0.1) is 17.6 Å². The fraction of sp³-hybridized carbons (Fsp3) is 0.222. The Kier molecular flexibility index (Phi) is 5.03. The molecule has 0 spiro atoms. The average molecular weight is 362 g/mol. The molecule has 0 aliphatic carbocycles. The van der Waals surface area contributed by atoms with Crippen molar-refractivity contribution in [3.63, 3.8) is 0 Å². The quantitative estimate of drug-likeness (QED) is 0.844. The van der Waals surface area contributed by atoms with Crippen LogP contribution in [0.2, 0.25) is 0 Å². The third-order valence-electron chi connectivity index (χ3n) is 4.07. The zero-order chi connectivity index (χ0) is 18.0. The molecule has 0 aromatic heterocycles. The first-order chi connectivity index (χ1) is 12.0. The minimum atomic E-state index is -0.845. The predicted molar refractivity (Wildman–Crippen MR) is 93.7 cm³/mol. The molecule has 1 N–H and O–H groups in total. The van der Waals surface area contributed by atoms with Gasteiger partial charge in [-0.3, -0.25) is 9.59 Å². The third kappa shape index (κ3) is 3.82. The lowest BCUT2D eigenvalue weighted by Crippen LogP contribution is -2.28. The summed E-state index contributed by atoms with van der Waals surface area (Å²) >= 11 is 1.60. The lowest BCUT2D eigenvalue weighted by Gasteiger charge is -2.17. The lowest BCUT2D eigenvalue weighted by molar-refractivity contribution is -0.122. The fourth-order valence-corrected chi connectivity index (χ4v) is 3.13. The van der Waals surface area contributed by atoms with Crippen molar-refractivity contribution in [2.75, 3.05) is 23.0 Å². The molecule has 1 unspecified atom stereocenters. The molecule has 1 heterocycles. The molecular formula is C18H16F2N2O2S. The summed E-state index contributed by atoms with van der Waals surface area (Å²) in [5.41, 5.74) is 0.632. The number of thioether (sulfide) groups is 1. The maximum absolute atomic E-state index is 13.7. The Morgan fingerprint density at radius 1 is 1.20 bits per heavy atom. The highest BCUT2D eigenvalue weighted by atomic mass is 32.2. The summed E-state index contributed by atoms with van der Waals surface area (Å²) in [6.07, 6.45) is 2.02. The number of nitrogens with one attached hydrogen (secondary N) is 1. The molecule has 3 rings (SSSR count). The van der Waals surface area contributed by atoms with Gasteiger partial charge in [0.25, 0.3) is 0 Å². The van der Waals surface area contributed by atoms with Crippen molar-refractivity contribution < 1.29 is 18.4 Å². The SMILES string of the molecule is CSc1ccc(N2CC(C(=O)Nc3ccc(F)cc3F)CC2=O)cc1. The summed E-state index contributed by atoms with van der Waals surface area (Å²) in [5, 5.41) is 2.43.